The summed E-state index contributed by atoms with van der Waals surface area (Å²) in [7, 11) is -3.65. The summed E-state index contributed by atoms with van der Waals surface area (Å²) in [5, 5.41) is 0.310. The van der Waals surface area contributed by atoms with Crippen molar-refractivity contribution in [3.8, 4) is 11.8 Å². The van der Waals surface area contributed by atoms with E-state index in [2.05, 4.69) is 16.6 Å². The number of ether oxygens (including phenoxy) is 1. The fourth-order valence-electron chi connectivity index (χ4n) is 1.82. The average molecular weight is 330 g/mol. The lowest BCUT2D eigenvalue weighted by molar-refractivity contribution is 0.0733. The van der Waals surface area contributed by atoms with Gasteiger partial charge in [-0.15, -0.1) is 0 Å². The smallest absolute Gasteiger partial charge is 0.301 e. The maximum atomic E-state index is 12.3. The largest absolute Gasteiger partial charge is 0.379 e. The zero-order chi connectivity index (χ0) is 15.3. The van der Waals surface area contributed by atoms with Gasteiger partial charge in [0.1, 0.15) is 0 Å². The van der Waals surface area contributed by atoms with Crippen LogP contribution in [0, 0.1) is 11.8 Å². The number of anilines is 1. The van der Waals surface area contributed by atoms with Crippen LogP contribution in [0.4, 0.5) is 5.69 Å². The molecule has 0 bridgehead atoms. The third-order valence-electron chi connectivity index (χ3n) is 2.85. The first-order chi connectivity index (χ1) is 10.0. The summed E-state index contributed by atoms with van der Waals surface area (Å²) in [6.45, 7) is 1.64. The van der Waals surface area contributed by atoms with E-state index in [0.29, 0.717) is 42.6 Å². The summed E-state index contributed by atoms with van der Waals surface area (Å²) in [4.78, 5) is 0. The third kappa shape index (κ3) is 4.33. The van der Waals surface area contributed by atoms with Crippen molar-refractivity contribution in [3.63, 3.8) is 0 Å². The first-order valence-electron chi connectivity index (χ1n) is 6.37. The van der Waals surface area contributed by atoms with Crippen molar-refractivity contribution in [2.75, 3.05) is 37.6 Å². The number of nitrogens with zero attached hydrogens (tertiary/aromatic N) is 1. The van der Waals surface area contributed by atoms with E-state index in [-0.39, 0.29) is 6.54 Å². The van der Waals surface area contributed by atoms with Crippen molar-refractivity contribution < 1.29 is 13.2 Å². The Morgan fingerprint density at radius 2 is 2.10 bits per heavy atom. The van der Waals surface area contributed by atoms with Gasteiger partial charge in [0, 0.05) is 18.7 Å². The Hall–Kier alpha value is -1.30. The van der Waals surface area contributed by atoms with E-state index in [1.54, 1.807) is 18.2 Å². The number of benzene rings is 1. The summed E-state index contributed by atoms with van der Waals surface area (Å²) in [6.07, 6.45) is 0. The molecule has 0 aromatic heterocycles. The first-order valence-corrected chi connectivity index (χ1v) is 8.19. The molecule has 0 spiro atoms. The Morgan fingerprint density at radius 3 is 2.76 bits per heavy atom. The number of halogens is 1. The van der Waals surface area contributed by atoms with Crippen LogP contribution in [0.1, 0.15) is 5.56 Å². The standard InChI is InChI=1S/C13H16ClN3O3S/c14-12-4-3-11(2-1-5-15)10-13(12)16-21(18,19)17-6-8-20-9-7-17/h3-4,10,16H,5-9,15H2. The molecule has 0 radical (unpaired) electrons. The molecular formula is C13H16ClN3O3S. The van der Waals surface area contributed by atoms with Crippen LogP contribution in [0.5, 0.6) is 0 Å². The Balaban J connectivity index is 2.21. The maximum absolute atomic E-state index is 12.3. The van der Waals surface area contributed by atoms with Gasteiger partial charge in [0.2, 0.25) is 0 Å². The highest BCUT2D eigenvalue weighted by Crippen LogP contribution is 2.24. The fraction of sp³-hybridized carbons (Fsp3) is 0.385. The topological polar surface area (TPSA) is 84.7 Å². The monoisotopic (exact) mass is 329 g/mol. The van der Waals surface area contributed by atoms with Crippen LogP contribution in [-0.4, -0.2) is 45.6 Å². The number of hydrogen-bond acceptors (Lipinski definition) is 4. The SMILES string of the molecule is NCC#Cc1ccc(Cl)c(NS(=O)(=O)N2CCOCC2)c1. The van der Waals surface area contributed by atoms with Crippen molar-refractivity contribution in [2.45, 2.75) is 0 Å². The van der Waals surface area contributed by atoms with E-state index in [1.807, 2.05) is 0 Å². The molecule has 0 amide bonds. The second-order valence-electron chi connectivity index (χ2n) is 4.32. The Labute approximate surface area is 129 Å². The van der Waals surface area contributed by atoms with Crippen molar-refractivity contribution in [1.82, 2.24) is 4.31 Å². The number of nitrogens with one attached hydrogen (secondary N) is 1. The summed E-state index contributed by atoms with van der Waals surface area (Å²) in [5.74, 6) is 5.54. The van der Waals surface area contributed by atoms with E-state index in [9.17, 15) is 8.42 Å². The molecule has 1 heterocycles. The van der Waals surface area contributed by atoms with Crippen molar-refractivity contribution in [3.05, 3.63) is 28.8 Å². The molecule has 8 heteroatoms. The highest BCUT2D eigenvalue weighted by Gasteiger charge is 2.24. The van der Waals surface area contributed by atoms with Gasteiger partial charge in [0.25, 0.3) is 0 Å². The lowest BCUT2D eigenvalue weighted by Gasteiger charge is -2.26. The minimum absolute atomic E-state index is 0.234. The zero-order valence-corrected chi connectivity index (χ0v) is 12.9. The second kappa shape index (κ2) is 7.11. The molecule has 21 heavy (non-hydrogen) atoms. The average Bonchev–Trinajstić information content (AvgIpc) is 2.49. The molecule has 1 aromatic carbocycles. The third-order valence-corrected chi connectivity index (χ3v) is 4.70. The summed E-state index contributed by atoms with van der Waals surface area (Å²) < 4.78 is 33.5. The molecule has 0 aliphatic carbocycles. The number of hydrogen-bond donors (Lipinski definition) is 2. The predicted octanol–water partition coefficient (Wildman–Crippen LogP) is 0.639. The molecule has 114 valence electrons. The molecule has 2 rings (SSSR count). The van der Waals surface area contributed by atoms with Crippen molar-refractivity contribution in [2.24, 2.45) is 5.73 Å². The maximum Gasteiger partial charge on any atom is 0.301 e. The fourth-order valence-corrected chi connectivity index (χ4v) is 3.25. The van der Waals surface area contributed by atoms with Gasteiger partial charge in [-0.25, -0.2) is 0 Å². The molecule has 1 aliphatic heterocycles. The van der Waals surface area contributed by atoms with Gasteiger partial charge < -0.3 is 10.5 Å². The van der Waals surface area contributed by atoms with Crippen LogP contribution in [0.3, 0.4) is 0 Å². The van der Waals surface area contributed by atoms with Crippen LogP contribution < -0.4 is 10.5 Å². The number of morpholine rings is 1. The van der Waals surface area contributed by atoms with Gasteiger partial charge >= 0.3 is 10.2 Å². The molecular weight excluding hydrogens is 314 g/mol. The van der Waals surface area contributed by atoms with E-state index < -0.39 is 10.2 Å². The number of nitrogens with two attached hydrogens (primary N) is 1. The van der Waals surface area contributed by atoms with Crippen LogP contribution >= 0.6 is 11.6 Å². The van der Waals surface area contributed by atoms with E-state index in [1.165, 1.54) is 4.31 Å². The molecule has 1 aliphatic rings. The van der Waals surface area contributed by atoms with Crippen molar-refractivity contribution in [1.29, 1.82) is 0 Å². The molecule has 6 nitrogen and oxygen atoms in total. The van der Waals surface area contributed by atoms with Crippen LogP contribution in [-0.2, 0) is 14.9 Å². The lowest BCUT2D eigenvalue weighted by atomic mass is 10.2. The summed E-state index contributed by atoms with van der Waals surface area (Å²) in [5.41, 5.74) is 6.26. The van der Waals surface area contributed by atoms with E-state index >= 15 is 0 Å². The first kappa shape index (κ1) is 16.1. The quantitative estimate of drug-likeness (QED) is 0.797. The van der Waals surface area contributed by atoms with Gasteiger partial charge in [-0.2, -0.15) is 12.7 Å². The molecule has 3 N–H and O–H groups in total. The molecule has 0 saturated carbocycles. The highest BCUT2D eigenvalue weighted by atomic mass is 35.5. The Morgan fingerprint density at radius 1 is 1.38 bits per heavy atom. The minimum atomic E-state index is -3.65. The second-order valence-corrected chi connectivity index (χ2v) is 6.40. The minimum Gasteiger partial charge on any atom is -0.379 e. The molecule has 1 aromatic rings. The zero-order valence-electron chi connectivity index (χ0n) is 11.3. The van der Waals surface area contributed by atoms with Gasteiger partial charge in [-0.3, -0.25) is 4.72 Å². The highest BCUT2D eigenvalue weighted by molar-refractivity contribution is 7.90. The number of rotatable bonds is 3. The molecule has 0 atom stereocenters. The van der Waals surface area contributed by atoms with Gasteiger partial charge in [-0.05, 0) is 18.2 Å². The molecule has 0 unspecified atom stereocenters. The van der Waals surface area contributed by atoms with E-state index in [4.69, 9.17) is 22.1 Å². The van der Waals surface area contributed by atoms with Gasteiger partial charge in [-0.1, -0.05) is 23.4 Å². The van der Waals surface area contributed by atoms with Crippen LogP contribution in [0.15, 0.2) is 18.2 Å². The predicted molar refractivity (Wildman–Crippen MR) is 82.3 cm³/mol. The van der Waals surface area contributed by atoms with Crippen molar-refractivity contribution >= 4 is 27.5 Å². The lowest BCUT2D eigenvalue weighted by Crippen LogP contribution is -2.43. The summed E-state index contributed by atoms with van der Waals surface area (Å²) >= 11 is 6.03. The normalized spacial score (nSPS) is 16.1. The van der Waals surface area contributed by atoms with Crippen LogP contribution in [0.25, 0.3) is 0 Å². The Bertz CT molecular complexity index is 661. The van der Waals surface area contributed by atoms with Gasteiger partial charge in [0.15, 0.2) is 0 Å². The van der Waals surface area contributed by atoms with Gasteiger partial charge in [0.05, 0.1) is 30.5 Å². The Kier molecular flexibility index (Phi) is 5.45. The molecule has 1 saturated heterocycles. The van der Waals surface area contributed by atoms with Crippen LogP contribution in [0.2, 0.25) is 5.02 Å². The molecule has 1 fully saturated rings. The summed E-state index contributed by atoms with van der Waals surface area (Å²) in [6, 6.07) is 4.89. The van der Waals surface area contributed by atoms with E-state index in [0.717, 1.165) is 0 Å².